The molecule has 1 atom stereocenters. The molecule has 0 aliphatic heterocycles. The molecule has 2 heteroatoms. The van der Waals surface area contributed by atoms with Gasteiger partial charge in [-0.1, -0.05) is 12.2 Å². The third-order valence-corrected chi connectivity index (χ3v) is 2.08. The summed E-state index contributed by atoms with van der Waals surface area (Å²) >= 11 is 0. The van der Waals surface area contributed by atoms with Gasteiger partial charge in [-0.05, 0) is 31.6 Å². The summed E-state index contributed by atoms with van der Waals surface area (Å²) in [5.41, 5.74) is 0. The number of rotatable bonds is 3. The Morgan fingerprint density at radius 3 is 3.00 bits per heavy atom. The van der Waals surface area contributed by atoms with E-state index in [1.54, 1.807) is 0 Å². The molecule has 0 amide bonds. The highest BCUT2D eigenvalue weighted by Gasteiger charge is 2.09. The van der Waals surface area contributed by atoms with Crippen LogP contribution in [-0.2, 0) is 4.79 Å². The number of carboxylic acid groups (broad SMARTS) is 1. The van der Waals surface area contributed by atoms with Crippen molar-refractivity contribution in [3.8, 4) is 0 Å². The molecule has 1 rings (SSSR count). The monoisotopic (exact) mass is 154 g/mol. The van der Waals surface area contributed by atoms with E-state index in [0.717, 1.165) is 6.42 Å². The SMILES string of the molecule is O=C(O)CCC1C=CCCC1. The minimum atomic E-state index is -0.677. The maximum Gasteiger partial charge on any atom is 0.303 e. The topological polar surface area (TPSA) is 37.3 Å². The summed E-state index contributed by atoms with van der Waals surface area (Å²) in [7, 11) is 0. The van der Waals surface area contributed by atoms with Crippen molar-refractivity contribution in [1.82, 2.24) is 0 Å². The van der Waals surface area contributed by atoms with Gasteiger partial charge in [0, 0.05) is 6.42 Å². The molecule has 0 saturated heterocycles. The van der Waals surface area contributed by atoms with Gasteiger partial charge < -0.3 is 5.11 Å². The largest absolute Gasteiger partial charge is 0.481 e. The second kappa shape index (κ2) is 4.16. The van der Waals surface area contributed by atoms with Crippen molar-refractivity contribution < 1.29 is 9.90 Å². The number of aliphatic carboxylic acids is 1. The van der Waals surface area contributed by atoms with Gasteiger partial charge in [0.15, 0.2) is 0 Å². The van der Waals surface area contributed by atoms with Crippen LogP contribution in [0.4, 0.5) is 0 Å². The second-order valence-corrected chi connectivity index (χ2v) is 3.05. The van der Waals surface area contributed by atoms with E-state index in [2.05, 4.69) is 12.2 Å². The lowest BCUT2D eigenvalue weighted by molar-refractivity contribution is -0.137. The van der Waals surface area contributed by atoms with Crippen LogP contribution in [-0.4, -0.2) is 11.1 Å². The standard InChI is InChI=1S/C9H14O2/c10-9(11)7-6-8-4-2-1-3-5-8/h2,4,8H,1,3,5-7H2,(H,10,11). The van der Waals surface area contributed by atoms with E-state index in [1.807, 2.05) is 0 Å². The van der Waals surface area contributed by atoms with Crippen LogP contribution in [0.15, 0.2) is 12.2 Å². The Balaban J connectivity index is 2.20. The van der Waals surface area contributed by atoms with Gasteiger partial charge in [-0.3, -0.25) is 4.79 Å². The van der Waals surface area contributed by atoms with Crippen molar-refractivity contribution in [2.45, 2.75) is 32.1 Å². The highest BCUT2D eigenvalue weighted by atomic mass is 16.4. The van der Waals surface area contributed by atoms with Gasteiger partial charge in [0.1, 0.15) is 0 Å². The van der Waals surface area contributed by atoms with Crippen LogP contribution >= 0.6 is 0 Å². The first-order valence-corrected chi connectivity index (χ1v) is 4.17. The van der Waals surface area contributed by atoms with Crippen LogP contribution < -0.4 is 0 Å². The lowest BCUT2D eigenvalue weighted by Crippen LogP contribution is -2.04. The van der Waals surface area contributed by atoms with Crippen LogP contribution in [0.2, 0.25) is 0 Å². The molecule has 0 spiro atoms. The van der Waals surface area contributed by atoms with E-state index in [1.165, 1.54) is 19.3 Å². The zero-order valence-electron chi connectivity index (χ0n) is 6.62. The molecule has 1 unspecified atom stereocenters. The zero-order chi connectivity index (χ0) is 8.10. The zero-order valence-corrected chi connectivity index (χ0v) is 6.62. The summed E-state index contributed by atoms with van der Waals surface area (Å²) in [4.78, 5) is 10.2. The van der Waals surface area contributed by atoms with Crippen LogP contribution in [0.5, 0.6) is 0 Å². The van der Waals surface area contributed by atoms with Crippen LogP contribution in [0.1, 0.15) is 32.1 Å². The van der Waals surface area contributed by atoms with Gasteiger partial charge in [-0.2, -0.15) is 0 Å². The maximum atomic E-state index is 10.2. The van der Waals surface area contributed by atoms with Gasteiger partial charge in [0.25, 0.3) is 0 Å². The molecular weight excluding hydrogens is 140 g/mol. The van der Waals surface area contributed by atoms with Crippen molar-refractivity contribution in [2.75, 3.05) is 0 Å². The van der Waals surface area contributed by atoms with E-state index in [-0.39, 0.29) is 0 Å². The first-order valence-electron chi connectivity index (χ1n) is 4.17. The number of hydrogen-bond acceptors (Lipinski definition) is 1. The molecule has 11 heavy (non-hydrogen) atoms. The van der Waals surface area contributed by atoms with E-state index < -0.39 is 5.97 Å². The lowest BCUT2D eigenvalue weighted by atomic mass is 9.92. The van der Waals surface area contributed by atoms with Gasteiger partial charge in [0.05, 0.1) is 0 Å². The lowest BCUT2D eigenvalue weighted by Gasteiger charge is -2.14. The average molecular weight is 154 g/mol. The number of allylic oxidation sites excluding steroid dienone is 2. The van der Waals surface area contributed by atoms with Gasteiger partial charge in [0.2, 0.25) is 0 Å². The van der Waals surface area contributed by atoms with E-state index >= 15 is 0 Å². The summed E-state index contributed by atoms with van der Waals surface area (Å²) in [6, 6.07) is 0. The molecule has 0 heterocycles. The Morgan fingerprint density at radius 1 is 1.64 bits per heavy atom. The predicted molar refractivity (Wildman–Crippen MR) is 43.4 cm³/mol. The molecule has 0 bridgehead atoms. The minimum absolute atomic E-state index is 0.314. The summed E-state index contributed by atoms with van der Waals surface area (Å²) in [6.07, 6.45) is 9.01. The molecule has 0 fully saturated rings. The number of hydrogen-bond donors (Lipinski definition) is 1. The van der Waals surface area contributed by atoms with E-state index in [0.29, 0.717) is 12.3 Å². The minimum Gasteiger partial charge on any atom is -0.481 e. The van der Waals surface area contributed by atoms with Crippen molar-refractivity contribution in [1.29, 1.82) is 0 Å². The van der Waals surface area contributed by atoms with Crippen molar-refractivity contribution in [3.05, 3.63) is 12.2 Å². The molecule has 2 nitrogen and oxygen atoms in total. The highest BCUT2D eigenvalue weighted by molar-refractivity contribution is 5.66. The first-order chi connectivity index (χ1) is 5.29. The van der Waals surface area contributed by atoms with Gasteiger partial charge in [-0.15, -0.1) is 0 Å². The molecule has 0 aromatic heterocycles. The molecule has 1 N–H and O–H groups in total. The Labute approximate surface area is 66.9 Å². The Morgan fingerprint density at radius 2 is 2.45 bits per heavy atom. The van der Waals surface area contributed by atoms with Crippen molar-refractivity contribution in [2.24, 2.45) is 5.92 Å². The van der Waals surface area contributed by atoms with Crippen molar-refractivity contribution in [3.63, 3.8) is 0 Å². The molecule has 1 aliphatic rings. The van der Waals surface area contributed by atoms with Crippen molar-refractivity contribution >= 4 is 5.97 Å². The van der Waals surface area contributed by atoms with Gasteiger partial charge >= 0.3 is 5.97 Å². The fourth-order valence-corrected chi connectivity index (χ4v) is 1.43. The quantitative estimate of drug-likeness (QED) is 0.633. The van der Waals surface area contributed by atoms with E-state index in [9.17, 15) is 4.79 Å². The normalized spacial score (nSPS) is 23.5. The van der Waals surface area contributed by atoms with Crippen LogP contribution in [0.25, 0.3) is 0 Å². The average Bonchev–Trinajstić information content (AvgIpc) is 2.03. The Kier molecular flexibility index (Phi) is 3.14. The smallest absolute Gasteiger partial charge is 0.303 e. The first kappa shape index (κ1) is 8.31. The molecule has 0 saturated carbocycles. The van der Waals surface area contributed by atoms with E-state index in [4.69, 9.17) is 5.11 Å². The Hall–Kier alpha value is -0.790. The molecule has 1 aliphatic carbocycles. The highest BCUT2D eigenvalue weighted by Crippen LogP contribution is 2.21. The van der Waals surface area contributed by atoms with Crippen LogP contribution in [0.3, 0.4) is 0 Å². The fourth-order valence-electron chi connectivity index (χ4n) is 1.43. The molecule has 0 aromatic rings. The number of carbonyl (C=O) groups is 1. The predicted octanol–water partition coefficient (Wildman–Crippen LogP) is 2.21. The summed E-state index contributed by atoms with van der Waals surface area (Å²) < 4.78 is 0. The third kappa shape index (κ3) is 3.21. The maximum absolute atomic E-state index is 10.2. The third-order valence-electron chi connectivity index (χ3n) is 2.08. The fraction of sp³-hybridized carbons (Fsp3) is 0.667. The molecule has 62 valence electrons. The second-order valence-electron chi connectivity index (χ2n) is 3.05. The number of carboxylic acids is 1. The summed E-state index contributed by atoms with van der Waals surface area (Å²) in [5, 5.41) is 8.42. The molecule has 0 aromatic carbocycles. The van der Waals surface area contributed by atoms with Gasteiger partial charge in [-0.25, -0.2) is 0 Å². The summed E-state index contributed by atoms with van der Waals surface area (Å²) in [6.45, 7) is 0. The molecule has 0 radical (unpaired) electrons. The molecular formula is C9H14O2. The summed E-state index contributed by atoms with van der Waals surface area (Å²) in [5.74, 6) is -0.149. The Bertz CT molecular complexity index is 161. The van der Waals surface area contributed by atoms with Crippen LogP contribution in [0, 0.1) is 5.92 Å².